The molecule has 2 N–H and O–H groups in total. The molecular formula is C23H18ClFN4O3S. The van der Waals surface area contributed by atoms with Crippen molar-refractivity contribution in [1.82, 2.24) is 9.88 Å². The molecule has 1 aliphatic rings. The van der Waals surface area contributed by atoms with Crippen molar-refractivity contribution in [2.45, 2.75) is 18.9 Å². The van der Waals surface area contributed by atoms with Gasteiger partial charge in [-0.25, -0.2) is 4.39 Å². The second kappa shape index (κ2) is 9.57. The fourth-order valence-corrected chi connectivity index (χ4v) is 4.81. The van der Waals surface area contributed by atoms with Gasteiger partial charge in [0.05, 0.1) is 32.6 Å². The average molecular weight is 485 g/mol. The molecule has 3 atom stereocenters. The van der Waals surface area contributed by atoms with Crippen molar-refractivity contribution < 1.29 is 14.0 Å². The highest BCUT2D eigenvalue weighted by Crippen LogP contribution is 2.33. The lowest BCUT2D eigenvalue weighted by Gasteiger charge is -2.15. The zero-order valence-electron chi connectivity index (χ0n) is 17.1. The Balaban J connectivity index is 1.43. The summed E-state index contributed by atoms with van der Waals surface area (Å²) in [6, 6.07) is 13.5. The number of aromatic nitrogens is 1. The highest BCUT2D eigenvalue weighted by molar-refractivity contribution is 7.18. The molecule has 33 heavy (non-hydrogen) atoms. The summed E-state index contributed by atoms with van der Waals surface area (Å²) in [6.45, 7) is 0. The Hall–Kier alpha value is -3.48. The summed E-state index contributed by atoms with van der Waals surface area (Å²) >= 11 is 7.00. The van der Waals surface area contributed by atoms with E-state index in [1.165, 1.54) is 35.0 Å². The van der Waals surface area contributed by atoms with Crippen LogP contribution in [0.5, 0.6) is 0 Å². The molecule has 10 heteroatoms. The summed E-state index contributed by atoms with van der Waals surface area (Å²) < 4.78 is 16.4. The lowest BCUT2D eigenvalue weighted by atomic mass is 10.0. The van der Waals surface area contributed by atoms with Gasteiger partial charge >= 0.3 is 0 Å². The lowest BCUT2D eigenvalue weighted by Crippen LogP contribution is -2.37. The Labute approximate surface area is 197 Å². The zero-order valence-corrected chi connectivity index (χ0v) is 18.7. The minimum atomic E-state index is -0.689. The molecule has 0 aliphatic heterocycles. The van der Waals surface area contributed by atoms with Crippen molar-refractivity contribution in [1.29, 1.82) is 5.26 Å². The normalized spacial score (nSPS) is 19.6. The van der Waals surface area contributed by atoms with Gasteiger partial charge in [0.2, 0.25) is 5.91 Å². The van der Waals surface area contributed by atoms with Crippen molar-refractivity contribution in [2.24, 2.45) is 11.8 Å². The topological polar surface area (TPSA) is 104 Å². The van der Waals surface area contributed by atoms with Crippen LogP contribution in [0.1, 0.15) is 22.5 Å². The van der Waals surface area contributed by atoms with Gasteiger partial charge in [0, 0.05) is 30.3 Å². The highest BCUT2D eigenvalue weighted by Gasteiger charge is 2.39. The summed E-state index contributed by atoms with van der Waals surface area (Å²) in [5.74, 6) is -2.59. The van der Waals surface area contributed by atoms with Crippen molar-refractivity contribution in [2.75, 3.05) is 5.32 Å². The Kier molecular flexibility index (Phi) is 6.58. The molecule has 2 amide bonds. The van der Waals surface area contributed by atoms with Gasteiger partial charge in [-0.05, 0) is 43.2 Å². The number of benzene rings is 1. The van der Waals surface area contributed by atoms with Crippen molar-refractivity contribution in [3.63, 3.8) is 0 Å². The van der Waals surface area contributed by atoms with Gasteiger partial charge in [0.1, 0.15) is 5.82 Å². The molecule has 2 aromatic heterocycles. The van der Waals surface area contributed by atoms with Crippen molar-refractivity contribution >= 4 is 40.4 Å². The van der Waals surface area contributed by atoms with Gasteiger partial charge in [-0.1, -0.05) is 17.7 Å². The Morgan fingerprint density at radius 1 is 1.18 bits per heavy atom. The molecule has 0 unspecified atom stereocenters. The van der Waals surface area contributed by atoms with Crippen LogP contribution < -0.4 is 16.2 Å². The lowest BCUT2D eigenvalue weighted by molar-refractivity contribution is -0.119. The molecule has 4 rings (SSSR count). The Morgan fingerprint density at radius 3 is 2.67 bits per heavy atom. The number of hydrogen-bond acceptors (Lipinski definition) is 5. The van der Waals surface area contributed by atoms with E-state index >= 15 is 0 Å². The molecule has 0 radical (unpaired) electrons. The van der Waals surface area contributed by atoms with E-state index in [2.05, 4.69) is 16.7 Å². The molecule has 1 aromatic carbocycles. The van der Waals surface area contributed by atoms with Crippen LogP contribution in [0.25, 0.3) is 5.69 Å². The quantitative estimate of drug-likeness (QED) is 0.571. The first-order valence-electron chi connectivity index (χ1n) is 10.1. The maximum atomic E-state index is 14.6. The van der Waals surface area contributed by atoms with Gasteiger partial charge < -0.3 is 10.6 Å². The van der Waals surface area contributed by atoms with Crippen LogP contribution in [0.2, 0.25) is 4.34 Å². The molecule has 1 saturated carbocycles. The number of halogens is 2. The molecule has 7 nitrogen and oxygen atoms in total. The standard InChI is InChI=1S/C23H18ClFN4O3S/c24-20-7-6-19(33-20)23(32)28-18-10-13(9-14(18)12-26)22(31)27-17-5-4-15(11-16(17)25)29-8-2-1-3-21(29)30/h1-8,11,13-14,18H,9-10H2,(H,27,31)(H,28,32)/t13-,14+,18-/m0/s1. The van der Waals surface area contributed by atoms with E-state index in [0.717, 1.165) is 11.3 Å². The van der Waals surface area contributed by atoms with Crippen molar-refractivity contribution in [3.05, 3.63) is 80.1 Å². The van der Waals surface area contributed by atoms with Gasteiger partial charge in [-0.15, -0.1) is 11.3 Å². The van der Waals surface area contributed by atoms with E-state index in [1.54, 1.807) is 24.3 Å². The second-order valence-electron chi connectivity index (χ2n) is 7.65. The van der Waals surface area contributed by atoms with Gasteiger partial charge in [-0.3, -0.25) is 19.0 Å². The molecule has 0 saturated heterocycles. The molecule has 0 bridgehead atoms. The summed E-state index contributed by atoms with van der Waals surface area (Å²) in [4.78, 5) is 37.5. The predicted octanol–water partition coefficient (Wildman–Crippen LogP) is 3.98. The molecule has 0 spiro atoms. The van der Waals surface area contributed by atoms with E-state index in [4.69, 9.17) is 11.6 Å². The van der Waals surface area contributed by atoms with Crippen LogP contribution in [0.4, 0.5) is 10.1 Å². The number of nitrogens with zero attached hydrogens (tertiary/aromatic N) is 2. The Bertz CT molecular complexity index is 1320. The Morgan fingerprint density at radius 2 is 2.00 bits per heavy atom. The SMILES string of the molecule is N#C[C@H]1C[C@H](C(=O)Nc2ccc(-n3ccccc3=O)cc2F)C[C@@H]1NC(=O)c1ccc(Cl)s1. The third-order valence-corrected chi connectivity index (χ3v) is 6.75. The zero-order chi connectivity index (χ0) is 23.5. The molecular weight excluding hydrogens is 467 g/mol. The third kappa shape index (κ3) is 4.97. The van der Waals surface area contributed by atoms with E-state index in [0.29, 0.717) is 14.9 Å². The van der Waals surface area contributed by atoms with Crippen LogP contribution in [-0.4, -0.2) is 22.4 Å². The van der Waals surface area contributed by atoms with E-state index in [9.17, 15) is 24.0 Å². The summed E-state index contributed by atoms with van der Waals surface area (Å²) in [5, 5.41) is 14.8. The fraction of sp³-hybridized carbons (Fsp3) is 0.217. The summed E-state index contributed by atoms with van der Waals surface area (Å²) in [5.41, 5.74) is 0.0000117. The first-order chi connectivity index (χ1) is 15.9. The number of nitrogens with one attached hydrogen (secondary N) is 2. The summed E-state index contributed by atoms with van der Waals surface area (Å²) in [7, 11) is 0. The van der Waals surface area contributed by atoms with E-state index in [1.807, 2.05) is 0 Å². The number of pyridine rings is 1. The maximum Gasteiger partial charge on any atom is 0.261 e. The number of rotatable bonds is 5. The highest BCUT2D eigenvalue weighted by atomic mass is 35.5. The maximum absolute atomic E-state index is 14.6. The van der Waals surface area contributed by atoms with Crippen LogP contribution in [0, 0.1) is 29.0 Å². The van der Waals surface area contributed by atoms with Crippen molar-refractivity contribution in [3.8, 4) is 11.8 Å². The first-order valence-corrected chi connectivity index (χ1v) is 11.3. The average Bonchev–Trinajstić information content (AvgIpc) is 3.41. The van der Waals surface area contributed by atoms with Crippen LogP contribution in [-0.2, 0) is 4.79 Å². The smallest absolute Gasteiger partial charge is 0.261 e. The number of amides is 2. The van der Waals surface area contributed by atoms with Gasteiger partial charge in [0.25, 0.3) is 11.5 Å². The van der Waals surface area contributed by atoms with Gasteiger partial charge in [-0.2, -0.15) is 5.26 Å². The number of carbonyl (C=O) groups is 2. The minimum Gasteiger partial charge on any atom is -0.347 e. The fourth-order valence-electron chi connectivity index (χ4n) is 3.86. The minimum absolute atomic E-state index is 0.0260. The second-order valence-corrected chi connectivity index (χ2v) is 9.36. The van der Waals surface area contributed by atoms with E-state index < -0.39 is 29.6 Å². The van der Waals surface area contributed by atoms with Crippen LogP contribution in [0.15, 0.2) is 59.5 Å². The van der Waals surface area contributed by atoms with E-state index in [-0.39, 0.29) is 30.0 Å². The summed E-state index contributed by atoms with van der Waals surface area (Å²) in [6.07, 6.45) is 2.03. The number of anilines is 1. The largest absolute Gasteiger partial charge is 0.347 e. The third-order valence-electron chi connectivity index (χ3n) is 5.52. The predicted molar refractivity (Wildman–Crippen MR) is 123 cm³/mol. The first kappa shape index (κ1) is 22.7. The number of hydrogen-bond donors (Lipinski definition) is 2. The molecule has 1 aliphatic carbocycles. The number of carbonyl (C=O) groups excluding carboxylic acids is 2. The number of nitriles is 1. The molecule has 168 valence electrons. The molecule has 1 fully saturated rings. The molecule has 2 heterocycles. The monoisotopic (exact) mass is 484 g/mol. The van der Waals surface area contributed by atoms with Crippen LogP contribution >= 0.6 is 22.9 Å². The van der Waals surface area contributed by atoms with Gasteiger partial charge in [0.15, 0.2) is 0 Å². The van der Waals surface area contributed by atoms with Crippen LogP contribution in [0.3, 0.4) is 0 Å². The number of thiophene rings is 1. The molecule has 3 aromatic rings.